The summed E-state index contributed by atoms with van der Waals surface area (Å²) in [6.07, 6.45) is 5.14. The van der Waals surface area contributed by atoms with Gasteiger partial charge in [0.05, 0.1) is 35.1 Å². The third-order valence-corrected chi connectivity index (χ3v) is 13.6. The number of alkyl halides is 3. The minimum Gasteiger partial charge on any atom is -0.381 e. The highest BCUT2D eigenvalue weighted by Crippen LogP contribution is 2.37. The zero-order valence-electron chi connectivity index (χ0n) is 40.6. The Kier molecular flexibility index (Phi) is 19.3. The van der Waals surface area contributed by atoms with E-state index in [-0.39, 0.29) is 109 Å². The molecule has 70 heavy (non-hydrogen) atoms. The monoisotopic (exact) mass is 980 g/mol. The van der Waals surface area contributed by atoms with Crippen molar-refractivity contribution >= 4 is 52.2 Å². The van der Waals surface area contributed by atoms with Gasteiger partial charge in [-0.25, -0.2) is 9.97 Å². The predicted octanol–water partition coefficient (Wildman–Crippen LogP) is 4.12. The number of hydrogen-bond donors (Lipinski definition) is 5. The Morgan fingerprint density at radius 1 is 0.886 bits per heavy atom. The third kappa shape index (κ3) is 14.6. The lowest BCUT2D eigenvalue weighted by atomic mass is 9.84. The minimum atomic E-state index is -4.56. The molecular weight excluding hydrogens is 912 g/mol. The molecule has 4 heterocycles. The fraction of sp³-hybridized carbons (Fsp3) is 0.612. The van der Waals surface area contributed by atoms with Gasteiger partial charge in [-0.3, -0.25) is 33.8 Å². The van der Waals surface area contributed by atoms with Gasteiger partial charge in [0.15, 0.2) is 0 Å². The molecule has 6 amide bonds. The van der Waals surface area contributed by atoms with Crippen LogP contribution in [0.25, 0.3) is 10.9 Å². The number of aromatic nitrogens is 3. The lowest BCUT2D eigenvalue weighted by molar-refractivity contribution is -0.137. The highest BCUT2D eigenvalue weighted by Gasteiger charge is 2.44. The number of anilines is 1. The van der Waals surface area contributed by atoms with Gasteiger partial charge in [0.25, 0.3) is 0 Å². The molecule has 0 bridgehead atoms. The van der Waals surface area contributed by atoms with Crippen LogP contribution in [0.4, 0.5) is 19.0 Å². The molecule has 3 aromatic rings. The zero-order valence-corrected chi connectivity index (χ0v) is 40.6. The standard InChI is InChI=1S/C49H68F3N11O7/c1-31(2)61(3)34-15-17-40(63-23-18-38(48(63)69)60-46-35-26-33(49(50,51)52)14-16-37(35)57-30-58-46)39(27-34)59-43(66)13-7-20-54-41(64)11-5-12-42(65)55-21-8-24-70-25-9-22-56-47(68)36-28-44(67)62(4)45(36)32-10-6-19-53-29-32/h6,10,14,16,19,26,29-31,34,36,38-40,45H,5,7-9,11-13,15,17-18,20-25,27-28H2,1-4H3,(H,54,64)(H,55,65)(H,56,68)(H,59,66)(H,57,58,60)/t34-,36+,38+,39-,40+,45-/m1/s1. The summed E-state index contributed by atoms with van der Waals surface area (Å²) in [5, 5.41) is 15.0. The smallest absolute Gasteiger partial charge is 0.381 e. The van der Waals surface area contributed by atoms with Crippen molar-refractivity contribution in [2.75, 3.05) is 58.8 Å². The van der Waals surface area contributed by atoms with E-state index in [9.17, 15) is 41.9 Å². The molecule has 0 unspecified atom stereocenters. The van der Waals surface area contributed by atoms with Gasteiger partial charge in [0.2, 0.25) is 35.4 Å². The minimum absolute atomic E-state index is 0.0827. The number of fused-ring (bicyclic) bond motifs is 1. The van der Waals surface area contributed by atoms with E-state index < -0.39 is 23.7 Å². The van der Waals surface area contributed by atoms with Crippen LogP contribution in [0.3, 0.4) is 0 Å². The number of pyridine rings is 1. The summed E-state index contributed by atoms with van der Waals surface area (Å²) in [7, 11) is 3.75. The fourth-order valence-electron chi connectivity index (χ4n) is 9.61. The van der Waals surface area contributed by atoms with Gasteiger partial charge in [0.1, 0.15) is 18.2 Å². The van der Waals surface area contributed by atoms with Crippen LogP contribution in [0, 0.1) is 5.92 Å². The Balaban J connectivity index is 0.838. The van der Waals surface area contributed by atoms with Crippen LogP contribution in [-0.2, 0) is 39.7 Å². The number of benzene rings is 1. The van der Waals surface area contributed by atoms with Crippen molar-refractivity contribution in [2.45, 2.75) is 133 Å². The van der Waals surface area contributed by atoms with Gasteiger partial charge in [0, 0.05) is 102 Å². The molecule has 5 N–H and O–H groups in total. The lowest BCUT2D eigenvalue weighted by Crippen LogP contribution is -2.58. The quantitative estimate of drug-likeness (QED) is 0.0802. The van der Waals surface area contributed by atoms with Gasteiger partial charge in [-0.15, -0.1) is 0 Å². The van der Waals surface area contributed by atoms with Crippen molar-refractivity contribution in [3.05, 3.63) is 60.2 Å². The maximum Gasteiger partial charge on any atom is 0.416 e. The van der Waals surface area contributed by atoms with Gasteiger partial charge < -0.3 is 46.0 Å². The second-order valence-electron chi connectivity index (χ2n) is 18.8. The SMILES string of the molecule is CC(C)N(C)[C@@H]1CC[C@H](N2CC[C@H](Nc3ncnc4ccc(C(F)(F)F)cc34)C2=O)[C@H](NC(=O)CCCNC(=O)CCCC(=O)NCCCOCCCNC(=O)[C@H]2CC(=O)N(C)[C@@H]2c2cccnc2)C1. The Bertz CT molecular complexity index is 2270. The zero-order chi connectivity index (χ0) is 50.4. The number of halogens is 3. The van der Waals surface area contributed by atoms with Gasteiger partial charge in [-0.1, -0.05) is 6.07 Å². The number of likely N-dealkylation sites (tertiary alicyclic amines) is 2. The Morgan fingerprint density at radius 2 is 1.59 bits per heavy atom. The van der Waals surface area contributed by atoms with Crippen LogP contribution in [0.15, 0.2) is 49.1 Å². The summed E-state index contributed by atoms with van der Waals surface area (Å²) in [4.78, 5) is 95.6. The Labute approximate surface area is 407 Å². The van der Waals surface area contributed by atoms with E-state index in [0.29, 0.717) is 83.3 Å². The van der Waals surface area contributed by atoms with Gasteiger partial charge in [-0.2, -0.15) is 13.2 Å². The van der Waals surface area contributed by atoms with Crippen molar-refractivity contribution in [3.8, 4) is 0 Å². The number of carbonyl (C=O) groups excluding carboxylic acids is 6. The molecule has 18 nitrogen and oxygen atoms in total. The first-order chi connectivity index (χ1) is 33.5. The van der Waals surface area contributed by atoms with E-state index in [1.54, 1.807) is 35.3 Å². The van der Waals surface area contributed by atoms with Gasteiger partial charge >= 0.3 is 6.18 Å². The van der Waals surface area contributed by atoms with E-state index in [2.05, 4.69) is 67.3 Å². The molecular formula is C49H68F3N11O7. The number of carbonyl (C=O) groups is 6. The van der Waals surface area contributed by atoms with E-state index in [0.717, 1.165) is 24.1 Å². The number of nitrogens with zero attached hydrogens (tertiary/aromatic N) is 6. The molecule has 0 radical (unpaired) electrons. The third-order valence-electron chi connectivity index (χ3n) is 13.6. The van der Waals surface area contributed by atoms with Crippen LogP contribution in [-0.4, -0.2) is 149 Å². The molecule has 3 fully saturated rings. The molecule has 2 saturated heterocycles. The summed E-state index contributed by atoms with van der Waals surface area (Å²) < 4.78 is 46.3. The maximum atomic E-state index is 13.9. The van der Waals surface area contributed by atoms with E-state index in [1.807, 2.05) is 6.07 Å². The average Bonchev–Trinajstić information content (AvgIpc) is 3.85. The molecule has 2 aliphatic heterocycles. The molecule has 3 aliphatic rings. The Morgan fingerprint density at radius 3 is 2.27 bits per heavy atom. The van der Waals surface area contributed by atoms with Crippen molar-refractivity contribution in [2.24, 2.45) is 5.92 Å². The second-order valence-corrected chi connectivity index (χ2v) is 18.8. The summed E-state index contributed by atoms with van der Waals surface area (Å²) >= 11 is 0. The average molecular weight is 980 g/mol. The van der Waals surface area contributed by atoms with E-state index >= 15 is 0 Å². The molecule has 1 saturated carbocycles. The van der Waals surface area contributed by atoms with Crippen LogP contribution in [0.5, 0.6) is 0 Å². The van der Waals surface area contributed by atoms with Crippen LogP contribution in [0.2, 0.25) is 0 Å². The number of ether oxygens (including phenoxy) is 1. The number of rotatable bonds is 24. The molecule has 382 valence electrons. The maximum absolute atomic E-state index is 13.9. The fourth-order valence-corrected chi connectivity index (χ4v) is 9.61. The normalized spacial score (nSPS) is 21.7. The molecule has 0 spiro atoms. The first kappa shape index (κ1) is 53.4. The first-order valence-corrected chi connectivity index (χ1v) is 24.5. The molecule has 6 atom stereocenters. The summed E-state index contributed by atoms with van der Waals surface area (Å²) in [5.74, 6) is -1.39. The summed E-state index contributed by atoms with van der Waals surface area (Å²) in [6, 6.07) is 5.64. The molecule has 21 heteroatoms. The lowest BCUT2D eigenvalue weighted by Gasteiger charge is -2.44. The van der Waals surface area contributed by atoms with Crippen LogP contribution >= 0.6 is 0 Å². The molecule has 6 rings (SSSR count). The highest BCUT2D eigenvalue weighted by atomic mass is 19.4. The van der Waals surface area contributed by atoms with E-state index in [1.165, 1.54) is 12.4 Å². The molecule has 1 aliphatic carbocycles. The van der Waals surface area contributed by atoms with Crippen LogP contribution < -0.4 is 26.6 Å². The first-order valence-electron chi connectivity index (χ1n) is 24.5. The summed E-state index contributed by atoms with van der Waals surface area (Å²) in [6.45, 7) is 6.59. The predicted molar refractivity (Wildman–Crippen MR) is 255 cm³/mol. The van der Waals surface area contributed by atoms with Crippen molar-refractivity contribution in [1.82, 2.24) is 50.9 Å². The molecule has 2 aromatic heterocycles. The number of hydrogen-bond acceptors (Lipinski definition) is 12. The van der Waals surface area contributed by atoms with Crippen molar-refractivity contribution in [1.29, 1.82) is 0 Å². The summed E-state index contributed by atoms with van der Waals surface area (Å²) in [5.41, 5.74) is 0.303. The Hall–Kier alpha value is -5.96. The van der Waals surface area contributed by atoms with Crippen molar-refractivity contribution in [3.63, 3.8) is 0 Å². The molecule has 1 aromatic carbocycles. The van der Waals surface area contributed by atoms with Crippen molar-refractivity contribution < 1.29 is 46.7 Å². The van der Waals surface area contributed by atoms with Crippen LogP contribution in [0.1, 0.15) is 108 Å². The largest absolute Gasteiger partial charge is 0.416 e. The number of nitrogens with one attached hydrogen (secondary N) is 5. The highest BCUT2D eigenvalue weighted by molar-refractivity contribution is 5.93. The number of amides is 6. The van der Waals surface area contributed by atoms with Gasteiger partial charge in [-0.05, 0) is 102 Å². The van der Waals surface area contributed by atoms with E-state index in [4.69, 9.17) is 4.74 Å². The second kappa shape index (κ2) is 25.2. The topological polar surface area (TPSA) is 220 Å².